The van der Waals surface area contributed by atoms with Gasteiger partial charge < -0.3 is 24.5 Å². The van der Waals surface area contributed by atoms with Gasteiger partial charge in [-0.1, -0.05) is 0 Å². The van der Waals surface area contributed by atoms with Gasteiger partial charge in [-0.15, -0.1) is 21.5 Å². The first-order valence-electron chi connectivity index (χ1n) is 7.61. The van der Waals surface area contributed by atoms with Crippen molar-refractivity contribution in [3.63, 3.8) is 0 Å². The maximum Gasteiger partial charge on any atom is 0.271 e. The van der Waals surface area contributed by atoms with Gasteiger partial charge in [0.25, 0.3) is 5.91 Å². The van der Waals surface area contributed by atoms with Gasteiger partial charge in [-0.2, -0.15) is 0 Å². The fourth-order valence-corrected chi connectivity index (χ4v) is 2.81. The van der Waals surface area contributed by atoms with Crippen LogP contribution in [0.1, 0.15) is 22.3 Å². The van der Waals surface area contributed by atoms with Crippen LogP contribution in [0.4, 0.5) is 10.8 Å². The summed E-state index contributed by atoms with van der Waals surface area (Å²) in [6.45, 7) is 1.83. The van der Waals surface area contributed by atoms with Gasteiger partial charge in [-0.05, 0) is 12.1 Å². The molecule has 0 atom stereocenters. The molecule has 0 aliphatic heterocycles. The Morgan fingerprint density at radius 2 is 2.12 bits per heavy atom. The molecule has 10 heteroatoms. The van der Waals surface area contributed by atoms with Crippen LogP contribution in [0.5, 0.6) is 11.5 Å². The summed E-state index contributed by atoms with van der Waals surface area (Å²) in [7, 11) is 3.16. The number of nitrogens with zero attached hydrogens (tertiary/aromatic N) is 3. The summed E-state index contributed by atoms with van der Waals surface area (Å²) >= 11 is 1.31. The molecule has 26 heavy (non-hydrogen) atoms. The first-order chi connectivity index (χ1) is 12.6. The van der Waals surface area contributed by atoms with Crippen LogP contribution >= 0.6 is 11.3 Å². The van der Waals surface area contributed by atoms with Crippen molar-refractivity contribution >= 4 is 28.1 Å². The second-order valence-corrected chi connectivity index (χ2v) is 5.98. The lowest BCUT2D eigenvalue weighted by Crippen LogP contribution is -2.23. The van der Waals surface area contributed by atoms with Crippen molar-refractivity contribution in [2.75, 3.05) is 19.5 Å². The third-order valence-corrected chi connectivity index (χ3v) is 4.11. The monoisotopic (exact) mass is 375 g/mol. The molecule has 0 unspecified atom stereocenters. The number of rotatable bonds is 7. The average molecular weight is 375 g/mol. The third-order valence-electron chi connectivity index (χ3n) is 3.36. The molecule has 0 spiro atoms. The number of ether oxygens (including phenoxy) is 2. The molecule has 2 N–H and O–H groups in total. The quantitative estimate of drug-likeness (QED) is 0.648. The number of nitrogens with one attached hydrogen (secondary N) is 2. The number of aryl methyl sites for hydroxylation is 1. The Morgan fingerprint density at radius 3 is 2.81 bits per heavy atom. The SMILES string of the molecule is COc1ccc(Nc2nc(C(=O)NCc3nnc(C)o3)cs2)c(OC)c1. The summed E-state index contributed by atoms with van der Waals surface area (Å²) in [4.78, 5) is 16.5. The van der Waals surface area contributed by atoms with Gasteiger partial charge in [0.2, 0.25) is 11.8 Å². The molecule has 1 amide bonds. The van der Waals surface area contributed by atoms with Crippen LogP contribution in [-0.4, -0.2) is 35.3 Å². The molecule has 1 aromatic carbocycles. The predicted octanol–water partition coefficient (Wildman–Crippen LogP) is 2.53. The van der Waals surface area contributed by atoms with E-state index in [2.05, 4.69) is 25.8 Å². The summed E-state index contributed by atoms with van der Waals surface area (Å²) < 4.78 is 15.7. The van der Waals surface area contributed by atoms with E-state index in [1.807, 2.05) is 6.07 Å². The van der Waals surface area contributed by atoms with Crippen molar-refractivity contribution in [2.45, 2.75) is 13.5 Å². The predicted molar refractivity (Wildman–Crippen MR) is 95.1 cm³/mol. The molecule has 0 aliphatic carbocycles. The molecule has 0 radical (unpaired) electrons. The Hall–Kier alpha value is -3.14. The van der Waals surface area contributed by atoms with E-state index < -0.39 is 0 Å². The number of carbonyl (C=O) groups excluding carboxylic acids is 1. The molecule has 9 nitrogen and oxygen atoms in total. The summed E-state index contributed by atoms with van der Waals surface area (Å²) in [5.74, 6) is 1.75. The van der Waals surface area contributed by atoms with Crippen molar-refractivity contribution in [2.24, 2.45) is 0 Å². The molecular weight excluding hydrogens is 358 g/mol. The first kappa shape index (κ1) is 17.7. The van der Waals surface area contributed by atoms with Crippen LogP contribution < -0.4 is 20.1 Å². The largest absolute Gasteiger partial charge is 0.497 e. The number of hydrogen-bond acceptors (Lipinski definition) is 9. The zero-order valence-corrected chi connectivity index (χ0v) is 15.2. The van der Waals surface area contributed by atoms with Gasteiger partial charge in [0.1, 0.15) is 17.2 Å². The fraction of sp³-hybridized carbons (Fsp3) is 0.250. The summed E-state index contributed by atoms with van der Waals surface area (Å²) in [5, 5.41) is 15.6. The van der Waals surface area contributed by atoms with Crippen LogP contribution in [0.3, 0.4) is 0 Å². The maximum atomic E-state index is 12.2. The number of anilines is 2. The molecule has 3 aromatic rings. The highest BCUT2D eigenvalue weighted by Gasteiger charge is 2.13. The standard InChI is InChI=1S/C16H17N5O4S/c1-9-20-21-14(25-9)7-17-15(22)12-8-26-16(19-12)18-11-5-4-10(23-2)6-13(11)24-3/h4-6,8H,7H2,1-3H3,(H,17,22)(H,18,19). The first-order valence-corrected chi connectivity index (χ1v) is 8.48. The minimum absolute atomic E-state index is 0.145. The van der Waals surface area contributed by atoms with E-state index in [1.165, 1.54) is 11.3 Å². The van der Waals surface area contributed by atoms with E-state index in [4.69, 9.17) is 13.9 Å². The molecule has 0 fully saturated rings. The van der Waals surface area contributed by atoms with Gasteiger partial charge in [0.05, 0.1) is 26.5 Å². The zero-order chi connectivity index (χ0) is 18.5. The van der Waals surface area contributed by atoms with E-state index in [0.29, 0.717) is 34.1 Å². The van der Waals surface area contributed by atoms with Crippen molar-refractivity contribution < 1.29 is 18.7 Å². The van der Waals surface area contributed by atoms with Crippen LogP contribution in [0.15, 0.2) is 28.0 Å². The lowest BCUT2D eigenvalue weighted by Gasteiger charge is -2.10. The summed E-state index contributed by atoms with van der Waals surface area (Å²) in [6.07, 6.45) is 0. The number of methoxy groups -OCH3 is 2. The second-order valence-electron chi connectivity index (χ2n) is 5.13. The molecule has 2 aromatic heterocycles. The minimum Gasteiger partial charge on any atom is -0.497 e. The topological polar surface area (TPSA) is 111 Å². The number of hydrogen-bond donors (Lipinski definition) is 2. The number of benzene rings is 1. The van der Waals surface area contributed by atoms with E-state index in [0.717, 1.165) is 5.69 Å². The highest BCUT2D eigenvalue weighted by molar-refractivity contribution is 7.14. The lowest BCUT2D eigenvalue weighted by atomic mass is 10.3. The Labute approximate surface area is 153 Å². The molecule has 0 saturated heterocycles. The normalized spacial score (nSPS) is 10.4. The summed E-state index contributed by atoms with van der Waals surface area (Å²) in [5.41, 5.74) is 1.01. The van der Waals surface area contributed by atoms with Gasteiger partial charge in [0, 0.05) is 18.4 Å². The highest BCUT2D eigenvalue weighted by atomic mass is 32.1. The van der Waals surface area contributed by atoms with E-state index >= 15 is 0 Å². The molecule has 2 heterocycles. The molecule has 136 valence electrons. The smallest absolute Gasteiger partial charge is 0.271 e. The third kappa shape index (κ3) is 4.09. The molecular formula is C16H17N5O4S. The van der Waals surface area contributed by atoms with Crippen molar-refractivity contribution in [1.82, 2.24) is 20.5 Å². The summed E-state index contributed by atoms with van der Waals surface area (Å²) in [6, 6.07) is 5.38. The Bertz CT molecular complexity index is 908. The number of thiazole rings is 1. The van der Waals surface area contributed by atoms with Gasteiger partial charge in [-0.3, -0.25) is 4.79 Å². The minimum atomic E-state index is -0.327. The Kier molecular flexibility index (Phi) is 5.32. The average Bonchev–Trinajstić information content (AvgIpc) is 3.29. The fourth-order valence-electron chi connectivity index (χ4n) is 2.11. The number of amides is 1. The van der Waals surface area contributed by atoms with E-state index in [-0.39, 0.29) is 12.5 Å². The molecule has 0 aliphatic rings. The Morgan fingerprint density at radius 1 is 1.27 bits per heavy atom. The van der Waals surface area contributed by atoms with Gasteiger partial charge in [0.15, 0.2) is 5.13 Å². The van der Waals surface area contributed by atoms with Gasteiger partial charge >= 0.3 is 0 Å². The van der Waals surface area contributed by atoms with Crippen molar-refractivity contribution in [3.8, 4) is 11.5 Å². The van der Waals surface area contributed by atoms with Crippen LogP contribution in [0.25, 0.3) is 0 Å². The highest BCUT2D eigenvalue weighted by Crippen LogP contribution is 2.32. The number of aromatic nitrogens is 3. The van der Waals surface area contributed by atoms with E-state index in [9.17, 15) is 4.79 Å². The molecule has 0 bridgehead atoms. The lowest BCUT2D eigenvalue weighted by molar-refractivity contribution is 0.0943. The van der Waals surface area contributed by atoms with Crippen LogP contribution in [0, 0.1) is 6.92 Å². The number of carbonyl (C=O) groups is 1. The van der Waals surface area contributed by atoms with Crippen molar-refractivity contribution in [1.29, 1.82) is 0 Å². The van der Waals surface area contributed by atoms with Crippen LogP contribution in [-0.2, 0) is 6.54 Å². The van der Waals surface area contributed by atoms with E-state index in [1.54, 1.807) is 38.7 Å². The maximum absolute atomic E-state index is 12.2. The molecule has 0 saturated carbocycles. The zero-order valence-electron chi connectivity index (χ0n) is 14.4. The molecule has 3 rings (SSSR count). The van der Waals surface area contributed by atoms with Gasteiger partial charge in [-0.25, -0.2) is 4.98 Å². The Balaban J connectivity index is 1.65. The second kappa shape index (κ2) is 7.83. The van der Waals surface area contributed by atoms with Crippen molar-refractivity contribution in [3.05, 3.63) is 41.1 Å². The van der Waals surface area contributed by atoms with Crippen LogP contribution in [0.2, 0.25) is 0 Å².